The number of piperidine rings is 1. The minimum absolute atomic E-state index is 0.0823. The Labute approximate surface area is 244 Å². The van der Waals surface area contributed by atoms with Gasteiger partial charge in [0.05, 0.1) is 11.8 Å². The average Bonchev–Trinajstić information content (AvgIpc) is 3.39. The second-order valence-corrected chi connectivity index (χ2v) is 10.9. The van der Waals surface area contributed by atoms with Crippen LogP contribution in [0.25, 0.3) is 0 Å². The van der Waals surface area contributed by atoms with Gasteiger partial charge in [0.1, 0.15) is 12.4 Å². The fourth-order valence-electron chi connectivity index (χ4n) is 5.36. The van der Waals surface area contributed by atoms with Gasteiger partial charge in [0.25, 0.3) is 5.91 Å². The summed E-state index contributed by atoms with van der Waals surface area (Å²) in [5.74, 6) is 0.668. The molecule has 2 amide bonds. The molecular weight excluding hydrogens is 543 g/mol. The molecule has 1 aromatic carbocycles. The largest absolute Gasteiger partial charge is 0.482 e. The van der Waals surface area contributed by atoms with Crippen LogP contribution in [0.15, 0.2) is 41.3 Å². The molecule has 3 aromatic rings. The zero-order valence-corrected chi connectivity index (χ0v) is 23.9. The molecule has 0 saturated carbocycles. The Morgan fingerprint density at radius 2 is 2.00 bits per heavy atom. The number of aliphatic hydroxyl groups excluding tert-OH is 1. The number of anilines is 1. The molecule has 1 saturated heterocycles. The number of fused-ring (bicyclic) bond motifs is 1. The van der Waals surface area contributed by atoms with E-state index in [1.807, 2.05) is 9.80 Å². The Bertz CT molecular complexity index is 1410. The fourth-order valence-corrected chi connectivity index (χ4v) is 5.36. The molecule has 224 valence electrons. The maximum Gasteiger partial charge on any atom is 0.251 e. The molecule has 0 aliphatic carbocycles. The number of nitrogens with one attached hydrogen (secondary N) is 2. The Balaban J connectivity index is 1.08. The Hall–Kier alpha value is -4.03. The number of halogens is 1. The van der Waals surface area contributed by atoms with Crippen molar-refractivity contribution >= 4 is 17.6 Å². The van der Waals surface area contributed by atoms with E-state index in [9.17, 15) is 19.1 Å². The second kappa shape index (κ2) is 13.3. The first-order chi connectivity index (χ1) is 20.2. The van der Waals surface area contributed by atoms with Gasteiger partial charge in [0.2, 0.25) is 5.91 Å². The van der Waals surface area contributed by atoms with Crippen molar-refractivity contribution in [1.29, 1.82) is 0 Å². The smallest absolute Gasteiger partial charge is 0.251 e. The summed E-state index contributed by atoms with van der Waals surface area (Å²) < 4.78 is 25.7. The van der Waals surface area contributed by atoms with Gasteiger partial charge < -0.3 is 29.8 Å². The number of oxazole rings is 1. The number of aliphatic hydroxyl groups is 1. The van der Waals surface area contributed by atoms with E-state index in [1.165, 1.54) is 12.5 Å². The van der Waals surface area contributed by atoms with Crippen LogP contribution in [-0.2, 0) is 24.4 Å². The van der Waals surface area contributed by atoms with Gasteiger partial charge in [-0.1, -0.05) is 0 Å². The number of carbonyl (C=O) groups excluding carboxylic acids is 2. The quantitative estimate of drug-likeness (QED) is 0.331. The normalized spacial score (nSPS) is 16.5. The van der Waals surface area contributed by atoms with E-state index in [2.05, 4.69) is 20.6 Å². The molecule has 2 aromatic heterocycles. The van der Waals surface area contributed by atoms with Gasteiger partial charge in [-0.3, -0.25) is 14.5 Å². The van der Waals surface area contributed by atoms with Gasteiger partial charge in [-0.15, -0.1) is 0 Å². The van der Waals surface area contributed by atoms with Gasteiger partial charge in [-0.05, 0) is 61.6 Å². The van der Waals surface area contributed by atoms with Crippen LogP contribution in [-0.4, -0.2) is 81.6 Å². The van der Waals surface area contributed by atoms with Gasteiger partial charge in [-0.25, -0.2) is 14.4 Å². The highest BCUT2D eigenvalue weighted by Gasteiger charge is 2.23. The van der Waals surface area contributed by atoms with E-state index in [0.29, 0.717) is 62.0 Å². The van der Waals surface area contributed by atoms with Crippen LogP contribution in [0.1, 0.15) is 52.7 Å². The van der Waals surface area contributed by atoms with E-state index in [4.69, 9.17) is 9.15 Å². The summed E-state index contributed by atoms with van der Waals surface area (Å²) in [7, 11) is 0. The maximum atomic E-state index is 14.8. The number of pyridine rings is 1. The standard InChI is InChI=1S/C30H37FN6O5/c1-19-28(42-18-34-19)17-41-27-12-21-4-8-36(15-23(21)11-26(27)31)16-25(39)14-33-30(40)22-3-7-32-29(13-22)35-24-5-9-37(10-6-24)20(2)38/h3,7,11-13,18,24-25,39H,4-6,8-10,14-17H2,1-2H3,(H,32,35)(H,33,40)/t25-/m0/s1. The number of carbonyl (C=O) groups is 2. The van der Waals surface area contributed by atoms with Crippen LogP contribution in [0.2, 0.25) is 0 Å². The molecule has 0 unspecified atom stereocenters. The van der Waals surface area contributed by atoms with E-state index >= 15 is 0 Å². The Kier molecular flexibility index (Phi) is 9.33. The van der Waals surface area contributed by atoms with Gasteiger partial charge >= 0.3 is 0 Å². The summed E-state index contributed by atoms with van der Waals surface area (Å²) in [6.45, 7) is 6.48. The number of ether oxygens (including phenoxy) is 1. The lowest BCUT2D eigenvalue weighted by Gasteiger charge is -2.32. The van der Waals surface area contributed by atoms with Gasteiger partial charge in [0.15, 0.2) is 23.7 Å². The van der Waals surface area contributed by atoms with Crippen molar-refractivity contribution in [2.45, 2.75) is 58.4 Å². The predicted octanol–water partition coefficient (Wildman–Crippen LogP) is 2.67. The predicted molar refractivity (Wildman–Crippen MR) is 152 cm³/mol. The molecule has 2 aliphatic heterocycles. The van der Waals surface area contributed by atoms with Crippen molar-refractivity contribution < 1.29 is 28.2 Å². The third kappa shape index (κ3) is 7.42. The molecule has 5 rings (SSSR count). The monoisotopic (exact) mass is 580 g/mol. The molecule has 12 heteroatoms. The number of rotatable bonds is 10. The number of hydrogen-bond acceptors (Lipinski definition) is 9. The fraction of sp³-hybridized carbons (Fsp3) is 0.467. The number of aromatic nitrogens is 2. The van der Waals surface area contributed by atoms with Crippen LogP contribution in [0.4, 0.5) is 10.2 Å². The van der Waals surface area contributed by atoms with Crippen LogP contribution in [0, 0.1) is 12.7 Å². The number of hydrogen-bond donors (Lipinski definition) is 3. The van der Waals surface area contributed by atoms with Crippen molar-refractivity contribution in [2.75, 3.05) is 38.0 Å². The van der Waals surface area contributed by atoms with Crippen LogP contribution in [0.5, 0.6) is 5.75 Å². The molecule has 2 aliphatic rings. The zero-order valence-electron chi connectivity index (χ0n) is 23.9. The molecule has 1 fully saturated rings. The van der Waals surface area contributed by atoms with Crippen LogP contribution >= 0.6 is 0 Å². The average molecular weight is 581 g/mol. The first-order valence-electron chi connectivity index (χ1n) is 14.2. The van der Waals surface area contributed by atoms with Crippen molar-refractivity contribution in [1.82, 2.24) is 25.1 Å². The highest BCUT2D eigenvalue weighted by atomic mass is 19.1. The molecule has 1 atom stereocenters. The minimum Gasteiger partial charge on any atom is -0.482 e. The third-order valence-electron chi connectivity index (χ3n) is 7.83. The third-order valence-corrected chi connectivity index (χ3v) is 7.83. The number of nitrogens with zero attached hydrogens (tertiary/aromatic N) is 4. The summed E-state index contributed by atoms with van der Waals surface area (Å²) in [4.78, 5) is 36.5. The molecule has 0 radical (unpaired) electrons. The number of aryl methyl sites for hydroxylation is 1. The van der Waals surface area contributed by atoms with E-state index < -0.39 is 11.9 Å². The number of β-amino-alcohol motifs (C(OH)–C–C–N with tert-alkyl or cyclic N) is 1. The van der Waals surface area contributed by atoms with Crippen molar-refractivity contribution in [2.24, 2.45) is 0 Å². The van der Waals surface area contributed by atoms with E-state index in [-0.39, 0.29) is 36.8 Å². The molecule has 42 heavy (non-hydrogen) atoms. The van der Waals surface area contributed by atoms with E-state index in [1.54, 1.807) is 38.2 Å². The minimum atomic E-state index is -0.793. The Morgan fingerprint density at radius 3 is 2.74 bits per heavy atom. The number of amides is 2. The second-order valence-electron chi connectivity index (χ2n) is 10.9. The Morgan fingerprint density at radius 1 is 1.19 bits per heavy atom. The highest BCUT2D eigenvalue weighted by Crippen LogP contribution is 2.28. The van der Waals surface area contributed by atoms with Crippen molar-refractivity contribution in [3.63, 3.8) is 0 Å². The molecule has 0 bridgehead atoms. The molecule has 0 spiro atoms. The lowest BCUT2D eigenvalue weighted by atomic mass is 9.99. The molecule has 4 heterocycles. The van der Waals surface area contributed by atoms with Crippen molar-refractivity contribution in [3.05, 3.63) is 70.8 Å². The van der Waals surface area contributed by atoms with Crippen LogP contribution in [0.3, 0.4) is 0 Å². The summed E-state index contributed by atoms with van der Waals surface area (Å²) in [6.07, 6.45) is 4.44. The molecular formula is C30H37FN6O5. The first kappa shape index (κ1) is 29.5. The topological polar surface area (TPSA) is 133 Å². The first-order valence-corrected chi connectivity index (χ1v) is 14.2. The maximum absolute atomic E-state index is 14.8. The van der Waals surface area contributed by atoms with Crippen molar-refractivity contribution in [3.8, 4) is 5.75 Å². The molecule has 3 N–H and O–H groups in total. The summed E-state index contributed by atoms with van der Waals surface area (Å²) in [5.41, 5.74) is 3.01. The SMILES string of the molecule is CC(=O)N1CCC(Nc2cc(C(=O)NC[C@H](O)CN3CCc4cc(OCc5ocnc5C)c(F)cc4C3)ccn2)CC1. The van der Waals surface area contributed by atoms with Gasteiger partial charge in [0, 0.05) is 64.0 Å². The highest BCUT2D eigenvalue weighted by molar-refractivity contribution is 5.94. The lowest BCUT2D eigenvalue weighted by Crippen LogP contribution is -2.42. The van der Waals surface area contributed by atoms with Gasteiger partial charge in [-0.2, -0.15) is 0 Å². The molecule has 11 nitrogen and oxygen atoms in total. The summed E-state index contributed by atoms with van der Waals surface area (Å²) >= 11 is 0. The summed E-state index contributed by atoms with van der Waals surface area (Å²) in [6, 6.07) is 6.72. The van der Waals surface area contributed by atoms with Crippen LogP contribution < -0.4 is 15.4 Å². The zero-order chi connectivity index (χ0) is 29.6. The summed E-state index contributed by atoms with van der Waals surface area (Å²) in [5, 5.41) is 16.8. The lowest BCUT2D eigenvalue weighted by molar-refractivity contribution is -0.129. The van der Waals surface area contributed by atoms with E-state index in [0.717, 1.165) is 24.0 Å². The number of likely N-dealkylation sites (tertiary alicyclic amines) is 1. The number of benzene rings is 1.